The number of benzene rings is 2. The van der Waals surface area contributed by atoms with Gasteiger partial charge in [-0.2, -0.15) is 0 Å². The predicted molar refractivity (Wildman–Crippen MR) is 120 cm³/mol. The third-order valence-electron chi connectivity index (χ3n) is 5.71. The molecule has 5 nitrogen and oxygen atoms in total. The number of fused-ring (bicyclic) bond motifs is 1. The number of rotatable bonds is 6. The largest absolute Gasteiger partial charge is 0.343 e. The minimum atomic E-state index is -0.582. The van der Waals surface area contributed by atoms with Crippen LogP contribution in [-0.2, 0) is 29.0 Å². The molecule has 2 atom stereocenters. The molecule has 30 heavy (non-hydrogen) atoms. The Morgan fingerprint density at radius 2 is 1.67 bits per heavy atom. The molecule has 0 aromatic heterocycles. The maximum absolute atomic E-state index is 13.8. The molecule has 0 spiro atoms. The second-order valence-electron chi connectivity index (χ2n) is 9.18. The normalized spacial score (nSPS) is 17.2. The topological polar surface area (TPSA) is 61.4 Å². The van der Waals surface area contributed by atoms with Crippen LogP contribution < -0.4 is 10.6 Å². The number of hydrogen-bond donors (Lipinski definition) is 2. The summed E-state index contributed by atoms with van der Waals surface area (Å²) in [6.07, 6.45) is 1.61. The van der Waals surface area contributed by atoms with Gasteiger partial charge >= 0.3 is 0 Å². The second kappa shape index (κ2) is 9.43. The summed E-state index contributed by atoms with van der Waals surface area (Å²) < 4.78 is 0. The fraction of sp³-hybridized carbons (Fsp3) is 0.440. The van der Waals surface area contributed by atoms with E-state index in [1.165, 1.54) is 16.7 Å². The minimum Gasteiger partial charge on any atom is -0.343 e. The molecule has 2 aromatic carbocycles. The van der Waals surface area contributed by atoms with Crippen molar-refractivity contribution in [2.75, 3.05) is 13.6 Å². The first kappa shape index (κ1) is 22.0. The van der Waals surface area contributed by atoms with Crippen LogP contribution in [0.15, 0.2) is 54.6 Å². The van der Waals surface area contributed by atoms with Crippen LogP contribution in [-0.4, -0.2) is 42.4 Å². The third-order valence-corrected chi connectivity index (χ3v) is 5.71. The highest BCUT2D eigenvalue weighted by atomic mass is 16.2. The number of amides is 2. The summed E-state index contributed by atoms with van der Waals surface area (Å²) in [5.41, 5.74) is 3.30. The number of carbonyl (C=O) groups is 2. The third kappa shape index (κ3) is 5.28. The zero-order chi connectivity index (χ0) is 21.7. The fourth-order valence-corrected chi connectivity index (χ4v) is 4.10. The monoisotopic (exact) mass is 407 g/mol. The lowest BCUT2D eigenvalue weighted by atomic mass is 9.83. The summed E-state index contributed by atoms with van der Waals surface area (Å²) in [4.78, 5) is 28.1. The molecule has 2 aromatic rings. The standard InChI is InChI=1S/C25H33N3O2/c1-25(2,3)23(27-22(29)16-26-4)24(30)28-17-20-13-9-8-12-19(20)15-21(28)14-18-10-6-5-7-11-18/h5-13,21,23,26H,14-17H2,1-4H3,(H,27,29). The van der Waals surface area contributed by atoms with Crippen molar-refractivity contribution in [1.82, 2.24) is 15.5 Å². The summed E-state index contributed by atoms with van der Waals surface area (Å²) >= 11 is 0. The van der Waals surface area contributed by atoms with Crippen molar-refractivity contribution in [2.24, 2.45) is 5.41 Å². The zero-order valence-electron chi connectivity index (χ0n) is 18.4. The molecule has 5 heteroatoms. The van der Waals surface area contributed by atoms with Gasteiger partial charge in [-0.1, -0.05) is 75.4 Å². The number of carbonyl (C=O) groups excluding carboxylic acids is 2. The zero-order valence-corrected chi connectivity index (χ0v) is 18.4. The molecule has 2 N–H and O–H groups in total. The lowest BCUT2D eigenvalue weighted by molar-refractivity contribution is -0.142. The molecule has 0 bridgehead atoms. The Morgan fingerprint density at radius 1 is 1.03 bits per heavy atom. The Bertz CT molecular complexity index is 873. The van der Waals surface area contributed by atoms with E-state index < -0.39 is 11.5 Å². The summed E-state index contributed by atoms with van der Waals surface area (Å²) in [5, 5.41) is 5.83. The van der Waals surface area contributed by atoms with Gasteiger partial charge in [-0.25, -0.2) is 0 Å². The SMILES string of the molecule is CNCC(=O)NC(C(=O)N1Cc2ccccc2CC1Cc1ccccc1)C(C)(C)C. The van der Waals surface area contributed by atoms with E-state index in [4.69, 9.17) is 0 Å². The molecule has 1 aliphatic heterocycles. The highest BCUT2D eigenvalue weighted by Gasteiger charge is 2.39. The Hall–Kier alpha value is -2.66. The van der Waals surface area contributed by atoms with Crippen LogP contribution >= 0.6 is 0 Å². The van der Waals surface area contributed by atoms with Crippen LogP contribution in [0.2, 0.25) is 0 Å². The van der Waals surface area contributed by atoms with Crippen molar-refractivity contribution >= 4 is 11.8 Å². The number of nitrogens with zero attached hydrogens (tertiary/aromatic N) is 1. The van der Waals surface area contributed by atoms with Crippen LogP contribution in [0.25, 0.3) is 0 Å². The lowest BCUT2D eigenvalue weighted by Crippen LogP contribution is -2.59. The molecule has 0 fully saturated rings. The van der Waals surface area contributed by atoms with E-state index in [9.17, 15) is 9.59 Å². The average Bonchev–Trinajstić information content (AvgIpc) is 2.71. The first-order chi connectivity index (χ1) is 14.3. The van der Waals surface area contributed by atoms with Gasteiger partial charge < -0.3 is 15.5 Å². The van der Waals surface area contributed by atoms with Gasteiger partial charge in [-0.15, -0.1) is 0 Å². The lowest BCUT2D eigenvalue weighted by Gasteiger charge is -2.42. The van der Waals surface area contributed by atoms with Crippen molar-refractivity contribution in [1.29, 1.82) is 0 Å². The molecule has 0 saturated carbocycles. The second-order valence-corrected chi connectivity index (χ2v) is 9.18. The molecule has 0 radical (unpaired) electrons. The van der Waals surface area contributed by atoms with E-state index in [1.807, 2.05) is 49.9 Å². The molecular formula is C25H33N3O2. The Labute approximate surface area is 179 Å². The van der Waals surface area contributed by atoms with Crippen LogP contribution in [0.3, 0.4) is 0 Å². The Balaban J connectivity index is 1.91. The van der Waals surface area contributed by atoms with Gasteiger partial charge in [-0.05, 0) is 42.0 Å². The molecule has 160 valence electrons. The molecule has 0 saturated heterocycles. The summed E-state index contributed by atoms with van der Waals surface area (Å²) in [7, 11) is 1.73. The average molecular weight is 408 g/mol. The number of likely N-dealkylation sites (N-methyl/N-ethyl adjacent to an activating group) is 1. The summed E-state index contributed by atoms with van der Waals surface area (Å²) in [6.45, 7) is 6.76. The van der Waals surface area contributed by atoms with Gasteiger partial charge in [0.05, 0.1) is 6.54 Å². The first-order valence-corrected chi connectivity index (χ1v) is 10.6. The summed E-state index contributed by atoms with van der Waals surface area (Å²) in [5.74, 6) is -0.176. The number of nitrogens with one attached hydrogen (secondary N) is 2. The first-order valence-electron chi connectivity index (χ1n) is 10.6. The van der Waals surface area contributed by atoms with E-state index in [0.29, 0.717) is 6.54 Å². The number of hydrogen-bond acceptors (Lipinski definition) is 3. The van der Waals surface area contributed by atoms with E-state index in [0.717, 1.165) is 12.8 Å². The van der Waals surface area contributed by atoms with E-state index in [2.05, 4.69) is 41.0 Å². The molecule has 1 heterocycles. The van der Waals surface area contributed by atoms with Crippen molar-refractivity contribution in [3.8, 4) is 0 Å². The van der Waals surface area contributed by atoms with Gasteiger partial charge in [0, 0.05) is 12.6 Å². The molecule has 0 aliphatic carbocycles. The molecule has 3 rings (SSSR count). The van der Waals surface area contributed by atoms with Gasteiger partial charge in [0.15, 0.2) is 0 Å². The van der Waals surface area contributed by atoms with E-state index in [1.54, 1.807) is 7.05 Å². The van der Waals surface area contributed by atoms with Gasteiger partial charge in [0.2, 0.25) is 11.8 Å². The predicted octanol–water partition coefficient (Wildman–Crippen LogP) is 2.93. The molecular weight excluding hydrogens is 374 g/mol. The summed E-state index contributed by atoms with van der Waals surface area (Å²) in [6, 6.07) is 18.1. The minimum absolute atomic E-state index is 0.0117. The van der Waals surface area contributed by atoms with E-state index in [-0.39, 0.29) is 24.4 Å². The van der Waals surface area contributed by atoms with Crippen LogP contribution in [0, 0.1) is 5.41 Å². The van der Waals surface area contributed by atoms with Crippen molar-refractivity contribution in [2.45, 2.75) is 52.2 Å². The van der Waals surface area contributed by atoms with Crippen molar-refractivity contribution in [3.05, 3.63) is 71.3 Å². The highest BCUT2D eigenvalue weighted by molar-refractivity contribution is 5.89. The Morgan fingerprint density at radius 3 is 2.30 bits per heavy atom. The van der Waals surface area contributed by atoms with Crippen molar-refractivity contribution < 1.29 is 9.59 Å². The highest BCUT2D eigenvalue weighted by Crippen LogP contribution is 2.29. The van der Waals surface area contributed by atoms with Crippen LogP contribution in [0.1, 0.15) is 37.5 Å². The van der Waals surface area contributed by atoms with Crippen LogP contribution in [0.4, 0.5) is 0 Å². The van der Waals surface area contributed by atoms with Gasteiger partial charge in [0.25, 0.3) is 0 Å². The fourth-order valence-electron chi connectivity index (χ4n) is 4.10. The van der Waals surface area contributed by atoms with E-state index >= 15 is 0 Å². The molecule has 2 amide bonds. The maximum Gasteiger partial charge on any atom is 0.246 e. The van der Waals surface area contributed by atoms with Gasteiger partial charge in [-0.3, -0.25) is 9.59 Å². The van der Waals surface area contributed by atoms with Gasteiger partial charge in [0.1, 0.15) is 6.04 Å². The quantitative estimate of drug-likeness (QED) is 0.774. The molecule has 2 unspecified atom stereocenters. The maximum atomic E-state index is 13.8. The Kier molecular flexibility index (Phi) is 6.93. The van der Waals surface area contributed by atoms with Crippen LogP contribution in [0.5, 0.6) is 0 Å². The smallest absolute Gasteiger partial charge is 0.246 e. The van der Waals surface area contributed by atoms with Crippen molar-refractivity contribution in [3.63, 3.8) is 0 Å². The molecule has 1 aliphatic rings.